The van der Waals surface area contributed by atoms with Crippen molar-refractivity contribution in [1.82, 2.24) is 0 Å². The lowest BCUT2D eigenvalue weighted by molar-refractivity contribution is 0.627. The van der Waals surface area contributed by atoms with Crippen LogP contribution in [-0.4, -0.2) is 0 Å². The summed E-state index contributed by atoms with van der Waals surface area (Å²) < 4.78 is 28.9. The van der Waals surface area contributed by atoms with Gasteiger partial charge in [0, 0.05) is 49.9 Å². The van der Waals surface area contributed by atoms with Gasteiger partial charge in [0.25, 0.3) is 0 Å². The first kappa shape index (κ1) is 34.5. The molecular formula is C54H35F2N3. The summed E-state index contributed by atoms with van der Waals surface area (Å²) in [6.07, 6.45) is 0. The number of anilines is 9. The van der Waals surface area contributed by atoms with E-state index in [4.69, 9.17) is 0 Å². The standard InChI is InChI=1S/C54H35F2N3/c55-38-23-27-41(28-24-38)57(49-20-8-13-36-11-4-6-17-44(36)49)43-31-32-46-47-33-34-51(48-19-10-22-52(54(47)48)59(53(46)35-43)40-15-2-1-3-16-40)58(42-29-25-39(56)26-30-42)50-21-9-14-37-12-5-7-18-45(37)50/h1-35H. The highest BCUT2D eigenvalue weighted by atomic mass is 19.1. The first-order valence-electron chi connectivity index (χ1n) is 19.7. The van der Waals surface area contributed by atoms with Gasteiger partial charge >= 0.3 is 0 Å². The molecule has 0 bridgehead atoms. The molecule has 0 fully saturated rings. The van der Waals surface area contributed by atoms with E-state index in [2.05, 4.69) is 172 Å². The van der Waals surface area contributed by atoms with E-state index in [1.165, 1.54) is 24.3 Å². The minimum absolute atomic E-state index is 0.281. The van der Waals surface area contributed by atoms with Crippen LogP contribution in [0.3, 0.4) is 0 Å². The molecule has 0 N–H and O–H groups in total. The second kappa shape index (κ2) is 14.0. The number of halogens is 2. The fraction of sp³-hybridized carbons (Fsp3) is 0. The molecule has 0 aliphatic carbocycles. The number of rotatable bonds is 7. The maximum absolute atomic E-state index is 14.5. The Morgan fingerprint density at radius 3 is 1.49 bits per heavy atom. The molecule has 10 aromatic rings. The van der Waals surface area contributed by atoms with Crippen LogP contribution in [0.25, 0.3) is 43.4 Å². The minimum Gasteiger partial charge on any atom is -0.310 e. The molecule has 3 nitrogen and oxygen atoms in total. The molecule has 280 valence electrons. The van der Waals surface area contributed by atoms with Crippen LogP contribution in [0.2, 0.25) is 0 Å². The van der Waals surface area contributed by atoms with Gasteiger partial charge in [-0.2, -0.15) is 0 Å². The third-order valence-electron chi connectivity index (χ3n) is 11.4. The normalized spacial score (nSPS) is 11.9. The van der Waals surface area contributed by atoms with E-state index in [1.54, 1.807) is 0 Å². The summed E-state index contributed by atoms with van der Waals surface area (Å²) in [4.78, 5) is 6.82. The van der Waals surface area contributed by atoms with Crippen molar-refractivity contribution in [3.05, 3.63) is 224 Å². The zero-order valence-electron chi connectivity index (χ0n) is 31.8. The van der Waals surface area contributed by atoms with E-state index >= 15 is 0 Å². The lowest BCUT2D eigenvalue weighted by Crippen LogP contribution is -2.17. The van der Waals surface area contributed by atoms with Gasteiger partial charge in [-0.15, -0.1) is 0 Å². The summed E-state index contributed by atoms with van der Waals surface area (Å²) in [5, 5.41) is 6.62. The van der Waals surface area contributed by atoms with Crippen LogP contribution >= 0.6 is 0 Å². The highest BCUT2D eigenvalue weighted by molar-refractivity contribution is 6.19. The van der Waals surface area contributed by atoms with Gasteiger partial charge < -0.3 is 14.7 Å². The molecule has 0 unspecified atom stereocenters. The van der Waals surface area contributed by atoms with Gasteiger partial charge in [0.05, 0.1) is 28.4 Å². The average molecular weight is 764 g/mol. The van der Waals surface area contributed by atoms with Gasteiger partial charge in [-0.25, -0.2) is 8.78 Å². The minimum atomic E-state index is -0.283. The molecule has 0 amide bonds. The van der Waals surface area contributed by atoms with Crippen molar-refractivity contribution in [2.75, 3.05) is 14.7 Å². The fourth-order valence-corrected chi connectivity index (χ4v) is 8.86. The third kappa shape index (κ3) is 5.78. The molecule has 1 heterocycles. The highest BCUT2D eigenvalue weighted by Gasteiger charge is 2.30. The van der Waals surface area contributed by atoms with E-state index in [0.29, 0.717) is 0 Å². The molecule has 0 spiro atoms. The van der Waals surface area contributed by atoms with Crippen molar-refractivity contribution >= 4 is 83.5 Å². The van der Waals surface area contributed by atoms with Crippen molar-refractivity contribution < 1.29 is 8.78 Å². The first-order chi connectivity index (χ1) is 29.1. The molecule has 0 saturated carbocycles. The van der Waals surface area contributed by atoms with Gasteiger partial charge in [0.1, 0.15) is 11.6 Å². The maximum atomic E-state index is 14.5. The third-order valence-corrected chi connectivity index (χ3v) is 11.4. The summed E-state index contributed by atoms with van der Waals surface area (Å²) in [6, 6.07) is 70.9. The van der Waals surface area contributed by atoms with E-state index in [9.17, 15) is 8.78 Å². The van der Waals surface area contributed by atoms with E-state index < -0.39 is 0 Å². The van der Waals surface area contributed by atoms with Gasteiger partial charge in [-0.05, 0) is 113 Å². The van der Waals surface area contributed by atoms with Crippen molar-refractivity contribution in [2.45, 2.75) is 0 Å². The van der Waals surface area contributed by atoms with Crippen LogP contribution in [0.1, 0.15) is 0 Å². The molecule has 0 radical (unpaired) electrons. The average Bonchev–Trinajstić information content (AvgIpc) is 3.29. The smallest absolute Gasteiger partial charge is 0.123 e. The Bertz CT molecular complexity index is 3190. The molecule has 10 aromatic carbocycles. The van der Waals surface area contributed by atoms with Crippen LogP contribution in [0.15, 0.2) is 212 Å². The van der Waals surface area contributed by atoms with Crippen molar-refractivity contribution in [3.8, 4) is 11.1 Å². The van der Waals surface area contributed by atoms with Crippen LogP contribution in [0.4, 0.5) is 60.0 Å². The van der Waals surface area contributed by atoms with Crippen molar-refractivity contribution in [1.29, 1.82) is 0 Å². The fourth-order valence-electron chi connectivity index (χ4n) is 8.86. The van der Waals surface area contributed by atoms with E-state index in [1.807, 2.05) is 30.3 Å². The second-order valence-corrected chi connectivity index (χ2v) is 14.8. The quantitative estimate of drug-likeness (QED) is 0.160. The van der Waals surface area contributed by atoms with Crippen molar-refractivity contribution in [2.24, 2.45) is 0 Å². The molecule has 5 heteroatoms. The first-order valence-corrected chi connectivity index (χ1v) is 19.7. The van der Waals surface area contributed by atoms with Crippen LogP contribution in [-0.2, 0) is 0 Å². The van der Waals surface area contributed by atoms with Gasteiger partial charge in [-0.3, -0.25) is 0 Å². The Labute approximate surface area is 340 Å². The zero-order chi connectivity index (χ0) is 39.5. The summed E-state index contributed by atoms with van der Waals surface area (Å²) in [6.45, 7) is 0. The van der Waals surface area contributed by atoms with Crippen LogP contribution in [0, 0.1) is 11.6 Å². The Balaban J connectivity index is 1.16. The Kier molecular flexibility index (Phi) is 8.19. The van der Waals surface area contributed by atoms with Crippen LogP contribution in [0.5, 0.6) is 0 Å². The largest absolute Gasteiger partial charge is 0.310 e. The van der Waals surface area contributed by atoms with Gasteiger partial charge in [0.2, 0.25) is 0 Å². The van der Waals surface area contributed by atoms with E-state index in [0.717, 1.165) is 94.6 Å². The Hall–Kier alpha value is -7.76. The number of fused-ring (bicyclic) bond motifs is 4. The predicted octanol–water partition coefficient (Wildman–Crippen LogP) is 15.8. The zero-order valence-corrected chi connectivity index (χ0v) is 31.8. The Morgan fingerprint density at radius 1 is 0.339 bits per heavy atom. The Morgan fingerprint density at radius 2 is 0.831 bits per heavy atom. The summed E-state index contributed by atoms with van der Waals surface area (Å²) >= 11 is 0. The number of nitrogens with zero attached hydrogens (tertiary/aromatic N) is 3. The number of para-hydroxylation sites is 1. The summed E-state index contributed by atoms with van der Waals surface area (Å²) in [5.74, 6) is -0.564. The highest BCUT2D eigenvalue weighted by Crippen LogP contribution is 2.55. The second-order valence-electron chi connectivity index (χ2n) is 14.8. The molecule has 1 aliphatic rings. The molecule has 11 rings (SSSR count). The number of hydrogen-bond donors (Lipinski definition) is 0. The summed E-state index contributed by atoms with van der Waals surface area (Å²) in [7, 11) is 0. The molecule has 0 aromatic heterocycles. The van der Waals surface area contributed by atoms with Gasteiger partial charge in [0.15, 0.2) is 0 Å². The monoisotopic (exact) mass is 763 g/mol. The van der Waals surface area contributed by atoms with E-state index in [-0.39, 0.29) is 11.6 Å². The topological polar surface area (TPSA) is 9.72 Å². The predicted molar refractivity (Wildman–Crippen MR) is 242 cm³/mol. The number of hydrogen-bond acceptors (Lipinski definition) is 3. The van der Waals surface area contributed by atoms with Gasteiger partial charge in [-0.1, -0.05) is 115 Å². The van der Waals surface area contributed by atoms with Crippen molar-refractivity contribution in [3.63, 3.8) is 0 Å². The molecular weight excluding hydrogens is 729 g/mol. The lowest BCUT2D eigenvalue weighted by atomic mass is 9.89. The SMILES string of the molecule is Fc1ccc(N(c2ccc3c(c2)N(c2ccccc2)c2cccc4c(N(c5ccc(F)cc5)c5cccc6ccccc56)ccc-3c24)c2cccc3ccccc23)cc1. The van der Waals surface area contributed by atoms with Crippen LogP contribution < -0.4 is 14.7 Å². The molecule has 1 aliphatic heterocycles. The lowest BCUT2D eigenvalue weighted by Gasteiger charge is -2.36. The number of benzene rings is 10. The molecule has 59 heavy (non-hydrogen) atoms. The maximum Gasteiger partial charge on any atom is 0.123 e. The molecule has 0 atom stereocenters. The molecule has 0 saturated heterocycles. The summed E-state index contributed by atoms with van der Waals surface area (Å²) in [5.41, 5.74) is 10.9.